The maximum absolute atomic E-state index is 6.11. The SMILES string of the molecule is CCCNc1ncnc(Sc2ncccc2Cl)c1OC. The normalized spacial score (nSPS) is 10.3. The topological polar surface area (TPSA) is 59.9 Å². The van der Waals surface area contributed by atoms with Crippen LogP contribution in [0.1, 0.15) is 13.3 Å². The molecule has 2 aromatic heterocycles. The van der Waals surface area contributed by atoms with Crippen molar-refractivity contribution in [1.82, 2.24) is 15.0 Å². The first-order chi connectivity index (χ1) is 9.76. The predicted molar refractivity (Wildman–Crippen MR) is 80.7 cm³/mol. The van der Waals surface area contributed by atoms with E-state index < -0.39 is 0 Å². The summed E-state index contributed by atoms with van der Waals surface area (Å²) >= 11 is 7.46. The molecule has 0 spiro atoms. The van der Waals surface area contributed by atoms with E-state index >= 15 is 0 Å². The van der Waals surface area contributed by atoms with Crippen molar-refractivity contribution in [2.45, 2.75) is 23.4 Å². The van der Waals surface area contributed by atoms with Crippen molar-refractivity contribution in [2.24, 2.45) is 0 Å². The van der Waals surface area contributed by atoms with Crippen molar-refractivity contribution >= 4 is 29.2 Å². The summed E-state index contributed by atoms with van der Waals surface area (Å²) in [7, 11) is 1.60. The zero-order chi connectivity index (χ0) is 14.4. The summed E-state index contributed by atoms with van der Waals surface area (Å²) in [5, 5.41) is 5.17. The van der Waals surface area contributed by atoms with Crippen molar-refractivity contribution in [3.63, 3.8) is 0 Å². The molecule has 0 unspecified atom stereocenters. The molecule has 0 saturated carbocycles. The van der Waals surface area contributed by atoms with Crippen LogP contribution in [0.4, 0.5) is 5.82 Å². The van der Waals surface area contributed by atoms with Crippen LogP contribution < -0.4 is 10.1 Å². The minimum absolute atomic E-state index is 0.584. The van der Waals surface area contributed by atoms with Crippen molar-refractivity contribution in [3.05, 3.63) is 29.7 Å². The lowest BCUT2D eigenvalue weighted by Crippen LogP contribution is -2.05. The molecule has 0 fully saturated rings. The van der Waals surface area contributed by atoms with E-state index in [4.69, 9.17) is 16.3 Å². The Labute approximate surface area is 127 Å². The molecule has 5 nitrogen and oxygen atoms in total. The number of ether oxygens (including phenoxy) is 1. The number of hydrogen-bond donors (Lipinski definition) is 1. The first-order valence-corrected chi connectivity index (χ1v) is 7.37. The molecule has 0 amide bonds. The summed E-state index contributed by atoms with van der Waals surface area (Å²) in [4.78, 5) is 12.7. The smallest absolute Gasteiger partial charge is 0.194 e. The van der Waals surface area contributed by atoms with E-state index in [-0.39, 0.29) is 0 Å². The quantitative estimate of drug-likeness (QED) is 0.824. The molecule has 0 aromatic carbocycles. The van der Waals surface area contributed by atoms with Gasteiger partial charge in [-0.25, -0.2) is 15.0 Å². The van der Waals surface area contributed by atoms with Gasteiger partial charge < -0.3 is 10.1 Å². The second-order valence-corrected chi connectivity index (χ2v) is 5.26. The molecule has 2 rings (SSSR count). The Bertz CT molecular complexity index is 582. The van der Waals surface area contributed by atoms with Gasteiger partial charge in [0.1, 0.15) is 11.4 Å². The highest BCUT2D eigenvalue weighted by atomic mass is 35.5. The number of rotatable bonds is 6. The summed E-state index contributed by atoms with van der Waals surface area (Å²) in [6.45, 7) is 2.91. The third-order valence-corrected chi connectivity index (χ3v) is 3.86. The number of methoxy groups -OCH3 is 1. The van der Waals surface area contributed by atoms with Gasteiger partial charge in [0.05, 0.1) is 12.1 Å². The minimum Gasteiger partial charge on any atom is -0.490 e. The second kappa shape index (κ2) is 7.31. The molecule has 106 valence electrons. The van der Waals surface area contributed by atoms with E-state index in [1.54, 1.807) is 25.4 Å². The number of aromatic nitrogens is 3. The maximum Gasteiger partial charge on any atom is 0.194 e. The van der Waals surface area contributed by atoms with E-state index in [1.165, 1.54) is 18.1 Å². The summed E-state index contributed by atoms with van der Waals surface area (Å²) < 4.78 is 5.41. The molecule has 20 heavy (non-hydrogen) atoms. The third kappa shape index (κ3) is 3.52. The molecule has 0 aliphatic carbocycles. The molecular weight excluding hydrogens is 296 g/mol. The van der Waals surface area contributed by atoms with Gasteiger partial charge in [0.25, 0.3) is 0 Å². The van der Waals surface area contributed by atoms with Gasteiger partial charge in [0, 0.05) is 12.7 Å². The summed E-state index contributed by atoms with van der Waals surface area (Å²) in [5.41, 5.74) is 0. The summed E-state index contributed by atoms with van der Waals surface area (Å²) in [6, 6.07) is 3.58. The molecule has 0 aliphatic rings. The molecular formula is C13H15ClN4OS. The predicted octanol–water partition coefficient (Wildman–Crippen LogP) is 3.51. The fourth-order valence-electron chi connectivity index (χ4n) is 1.52. The fourth-order valence-corrected chi connectivity index (χ4v) is 2.59. The van der Waals surface area contributed by atoms with Crippen LogP contribution in [0.2, 0.25) is 5.02 Å². The number of halogens is 1. The Kier molecular flexibility index (Phi) is 5.43. The van der Waals surface area contributed by atoms with Crippen molar-refractivity contribution in [1.29, 1.82) is 0 Å². The third-order valence-electron chi connectivity index (χ3n) is 2.44. The van der Waals surface area contributed by atoms with Gasteiger partial charge in [-0.2, -0.15) is 0 Å². The van der Waals surface area contributed by atoms with Crippen molar-refractivity contribution in [2.75, 3.05) is 19.0 Å². The van der Waals surface area contributed by atoms with Crippen LogP contribution >= 0.6 is 23.4 Å². The number of nitrogens with one attached hydrogen (secondary N) is 1. The van der Waals surface area contributed by atoms with E-state index in [2.05, 4.69) is 27.2 Å². The zero-order valence-electron chi connectivity index (χ0n) is 11.3. The molecule has 1 N–H and O–H groups in total. The van der Waals surface area contributed by atoms with Crippen LogP contribution in [-0.2, 0) is 0 Å². The highest BCUT2D eigenvalue weighted by molar-refractivity contribution is 7.99. The number of pyridine rings is 1. The van der Waals surface area contributed by atoms with Gasteiger partial charge in [-0.1, -0.05) is 18.5 Å². The van der Waals surface area contributed by atoms with E-state index in [1.807, 2.05) is 0 Å². The summed E-state index contributed by atoms with van der Waals surface area (Å²) in [5.74, 6) is 1.28. The Hall–Kier alpha value is -1.53. The van der Waals surface area contributed by atoms with Crippen LogP contribution in [0.3, 0.4) is 0 Å². The second-order valence-electron chi connectivity index (χ2n) is 3.88. The number of anilines is 1. The van der Waals surface area contributed by atoms with Gasteiger partial charge in [-0.05, 0) is 30.3 Å². The van der Waals surface area contributed by atoms with Gasteiger partial charge in [-0.15, -0.1) is 0 Å². The highest BCUT2D eigenvalue weighted by Gasteiger charge is 2.15. The van der Waals surface area contributed by atoms with E-state index in [0.29, 0.717) is 26.6 Å². The molecule has 2 heterocycles. The van der Waals surface area contributed by atoms with Crippen LogP contribution in [0.5, 0.6) is 5.75 Å². The van der Waals surface area contributed by atoms with E-state index in [9.17, 15) is 0 Å². The van der Waals surface area contributed by atoms with Gasteiger partial charge in [-0.3, -0.25) is 0 Å². The minimum atomic E-state index is 0.584. The van der Waals surface area contributed by atoms with Crippen LogP contribution in [0.25, 0.3) is 0 Å². The molecule has 0 bridgehead atoms. The largest absolute Gasteiger partial charge is 0.490 e. The Morgan fingerprint density at radius 1 is 1.30 bits per heavy atom. The molecule has 2 aromatic rings. The fraction of sp³-hybridized carbons (Fsp3) is 0.308. The van der Waals surface area contributed by atoms with Crippen molar-refractivity contribution < 1.29 is 4.74 Å². The average molecular weight is 311 g/mol. The molecule has 0 aliphatic heterocycles. The Morgan fingerprint density at radius 3 is 2.85 bits per heavy atom. The van der Waals surface area contributed by atoms with Gasteiger partial charge in [0.15, 0.2) is 16.6 Å². The van der Waals surface area contributed by atoms with Crippen LogP contribution in [0.15, 0.2) is 34.7 Å². The molecule has 7 heteroatoms. The number of hydrogen-bond acceptors (Lipinski definition) is 6. The van der Waals surface area contributed by atoms with Gasteiger partial charge in [0.2, 0.25) is 0 Å². The highest BCUT2D eigenvalue weighted by Crippen LogP contribution is 2.38. The molecule has 0 radical (unpaired) electrons. The van der Waals surface area contributed by atoms with Crippen LogP contribution in [0, 0.1) is 0 Å². The van der Waals surface area contributed by atoms with E-state index in [0.717, 1.165) is 13.0 Å². The molecule has 0 atom stereocenters. The maximum atomic E-state index is 6.11. The zero-order valence-corrected chi connectivity index (χ0v) is 12.8. The average Bonchev–Trinajstić information content (AvgIpc) is 2.47. The lowest BCUT2D eigenvalue weighted by molar-refractivity contribution is 0.400. The number of nitrogens with zero attached hydrogens (tertiary/aromatic N) is 3. The lowest BCUT2D eigenvalue weighted by atomic mass is 10.4. The van der Waals surface area contributed by atoms with Crippen molar-refractivity contribution in [3.8, 4) is 5.75 Å². The van der Waals surface area contributed by atoms with Crippen LogP contribution in [-0.4, -0.2) is 28.6 Å². The first-order valence-electron chi connectivity index (χ1n) is 6.17. The monoisotopic (exact) mass is 310 g/mol. The standard InChI is InChI=1S/C13H15ClN4OS/c1-3-6-15-11-10(19-2)13(18-8-17-11)20-12-9(14)5-4-7-16-12/h4-5,7-8H,3,6H2,1-2H3,(H,15,17,18). The van der Waals surface area contributed by atoms with Gasteiger partial charge >= 0.3 is 0 Å². The summed E-state index contributed by atoms with van der Waals surface area (Å²) in [6.07, 6.45) is 4.19. The first kappa shape index (κ1) is 14.9. The Balaban J connectivity index is 2.29. The Morgan fingerprint density at radius 2 is 2.15 bits per heavy atom. The lowest BCUT2D eigenvalue weighted by Gasteiger charge is -2.12. The molecule has 0 saturated heterocycles.